The van der Waals surface area contributed by atoms with Crippen molar-refractivity contribution < 1.29 is 27.0 Å². The molecule has 0 radical (unpaired) electrons. The molecule has 2 aliphatic rings. The van der Waals surface area contributed by atoms with Crippen molar-refractivity contribution in [1.29, 1.82) is 0 Å². The average Bonchev–Trinajstić information content (AvgIpc) is 3.18. The van der Waals surface area contributed by atoms with Crippen LogP contribution in [0.2, 0.25) is 0 Å². The van der Waals surface area contributed by atoms with Crippen LogP contribution in [0.4, 0.5) is 0 Å². The number of methoxy groups -OCH3 is 2. The molecule has 0 unspecified atom stereocenters. The second-order valence-corrected chi connectivity index (χ2v) is 10.3. The zero-order chi connectivity index (χ0) is 22.5. The lowest BCUT2D eigenvalue weighted by molar-refractivity contribution is 0.0649. The molecule has 3 heterocycles. The van der Waals surface area contributed by atoms with E-state index in [9.17, 15) is 13.2 Å². The third-order valence-corrected chi connectivity index (χ3v) is 7.92. The van der Waals surface area contributed by atoms with Crippen LogP contribution in [0, 0.1) is 0 Å². The van der Waals surface area contributed by atoms with Crippen LogP contribution in [0.25, 0.3) is 22.1 Å². The molecule has 168 valence electrons. The summed E-state index contributed by atoms with van der Waals surface area (Å²) in [6.07, 6.45) is 2.03. The summed E-state index contributed by atoms with van der Waals surface area (Å²) in [5.74, 6) is 2.06. The molecule has 2 aliphatic heterocycles. The molecule has 2 aromatic carbocycles. The number of hydrogen-bond donors (Lipinski definition) is 0. The lowest BCUT2D eigenvalue weighted by Gasteiger charge is -2.33. The minimum absolute atomic E-state index is 0.0961. The van der Waals surface area contributed by atoms with Crippen molar-refractivity contribution in [2.45, 2.75) is 19.0 Å². The highest BCUT2D eigenvalue weighted by Crippen LogP contribution is 2.36. The summed E-state index contributed by atoms with van der Waals surface area (Å²) in [6.45, 7) is 0.776. The Morgan fingerprint density at radius 1 is 1.09 bits per heavy atom. The van der Waals surface area contributed by atoms with Gasteiger partial charge in [-0.1, -0.05) is 6.07 Å². The van der Waals surface area contributed by atoms with E-state index in [-0.39, 0.29) is 23.0 Å². The van der Waals surface area contributed by atoms with Gasteiger partial charge >= 0.3 is 0 Å². The van der Waals surface area contributed by atoms with Gasteiger partial charge in [0.25, 0.3) is 0 Å². The predicted octanol–water partition coefficient (Wildman–Crippen LogP) is 2.82. The molecule has 3 aromatic rings. The molecule has 0 N–H and O–H groups in total. The molecule has 0 saturated carbocycles. The van der Waals surface area contributed by atoms with Gasteiger partial charge in [0.1, 0.15) is 24.3 Å². The highest BCUT2D eigenvalue weighted by Gasteiger charge is 2.35. The molecule has 0 aliphatic carbocycles. The zero-order valence-corrected chi connectivity index (χ0v) is 18.6. The van der Waals surface area contributed by atoms with Crippen LogP contribution < -0.4 is 19.6 Å². The van der Waals surface area contributed by atoms with Gasteiger partial charge in [-0.3, -0.25) is 9.69 Å². The summed E-state index contributed by atoms with van der Waals surface area (Å²) < 4.78 is 46.3. The maximum Gasteiger partial charge on any atom is 0.200 e. The van der Waals surface area contributed by atoms with E-state index in [0.717, 1.165) is 5.56 Å². The molecule has 1 atom stereocenters. The maximum absolute atomic E-state index is 13.3. The van der Waals surface area contributed by atoms with Gasteiger partial charge in [0.2, 0.25) is 5.43 Å². The Bertz CT molecular complexity index is 1360. The van der Waals surface area contributed by atoms with Gasteiger partial charge in [-0.2, -0.15) is 0 Å². The van der Waals surface area contributed by atoms with Crippen molar-refractivity contribution in [3.8, 4) is 28.4 Å². The predicted molar refractivity (Wildman–Crippen MR) is 119 cm³/mol. The van der Waals surface area contributed by atoms with Crippen molar-refractivity contribution in [2.24, 2.45) is 0 Å². The van der Waals surface area contributed by atoms with E-state index in [2.05, 4.69) is 0 Å². The highest BCUT2D eigenvalue weighted by atomic mass is 32.2. The Morgan fingerprint density at radius 3 is 2.62 bits per heavy atom. The third kappa shape index (κ3) is 3.51. The van der Waals surface area contributed by atoms with Crippen molar-refractivity contribution in [3.05, 3.63) is 52.4 Å². The Kier molecular flexibility index (Phi) is 5.10. The van der Waals surface area contributed by atoms with E-state index in [1.807, 2.05) is 4.90 Å². The molecule has 9 heteroatoms. The van der Waals surface area contributed by atoms with Crippen LogP contribution in [0.3, 0.4) is 0 Å². The fourth-order valence-electron chi connectivity index (χ4n) is 4.43. The van der Waals surface area contributed by atoms with Gasteiger partial charge in [0.05, 0.1) is 42.2 Å². The Morgan fingerprint density at radius 2 is 1.91 bits per heavy atom. The summed E-state index contributed by atoms with van der Waals surface area (Å²) in [4.78, 5) is 15.3. The number of nitrogens with zero attached hydrogens (tertiary/aromatic N) is 1. The molecule has 1 aromatic heterocycles. The van der Waals surface area contributed by atoms with Crippen LogP contribution in [0.15, 0.2) is 45.8 Å². The standard InChI is InChI=1S/C23H23NO7S/c1-28-20-5-3-14(9-21(20)29-2)18-11-30-23-16(22(18)25)4-6-19-17(23)10-24(13-31-19)15-7-8-32(26,27)12-15/h3-6,9,11,15H,7-8,10,12-13H2,1-2H3/t15-/m0/s1. The van der Waals surface area contributed by atoms with Crippen molar-refractivity contribution >= 4 is 20.8 Å². The van der Waals surface area contributed by atoms with E-state index in [0.29, 0.717) is 59.0 Å². The number of fused-ring (bicyclic) bond motifs is 3. The molecular weight excluding hydrogens is 434 g/mol. The van der Waals surface area contributed by atoms with Crippen molar-refractivity contribution in [1.82, 2.24) is 4.90 Å². The first-order chi connectivity index (χ1) is 15.4. The van der Waals surface area contributed by atoms with E-state index < -0.39 is 9.84 Å². The van der Waals surface area contributed by atoms with E-state index in [1.54, 1.807) is 37.4 Å². The molecule has 5 rings (SSSR count). The Hall–Kier alpha value is -3.04. The molecular formula is C23H23NO7S. The summed E-state index contributed by atoms with van der Waals surface area (Å²) in [5.41, 5.74) is 2.12. The van der Waals surface area contributed by atoms with E-state index in [4.69, 9.17) is 18.6 Å². The lowest BCUT2D eigenvalue weighted by atomic mass is 10.0. The maximum atomic E-state index is 13.3. The van der Waals surface area contributed by atoms with Gasteiger partial charge in [-0.25, -0.2) is 8.42 Å². The quantitative estimate of drug-likeness (QED) is 0.590. The number of rotatable bonds is 4. The van der Waals surface area contributed by atoms with Gasteiger partial charge < -0.3 is 18.6 Å². The minimum atomic E-state index is -3.01. The topological polar surface area (TPSA) is 95.3 Å². The first-order valence-corrected chi connectivity index (χ1v) is 12.1. The average molecular weight is 458 g/mol. The first kappa shape index (κ1) is 20.8. The van der Waals surface area contributed by atoms with Crippen LogP contribution in [-0.4, -0.2) is 51.8 Å². The van der Waals surface area contributed by atoms with Gasteiger partial charge in [-0.05, 0) is 36.2 Å². The van der Waals surface area contributed by atoms with Gasteiger partial charge in [0.15, 0.2) is 21.3 Å². The Balaban J connectivity index is 1.54. The van der Waals surface area contributed by atoms with Crippen molar-refractivity contribution in [3.63, 3.8) is 0 Å². The SMILES string of the molecule is COc1ccc(-c2coc3c4c(ccc3c2=O)OCN([C@H]2CCS(=O)(=O)C2)C4)cc1OC. The normalized spacial score (nSPS) is 20.0. The van der Waals surface area contributed by atoms with E-state index in [1.165, 1.54) is 13.4 Å². The van der Waals surface area contributed by atoms with E-state index >= 15 is 0 Å². The second-order valence-electron chi connectivity index (χ2n) is 8.04. The number of hydrogen-bond acceptors (Lipinski definition) is 8. The number of sulfone groups is 1. The van der Waals surface area contributed by atoms with Crippen LogP contribution in [0.5, 0.6) is 17.2 Å². The minimum Gasteiger partial charge on any atom is -0.493 e. The molecule has 32 heavy (non-hydrogen) atoms. The second kappa shape index (κ2) is 7.83. The summed E-state index contributed by atoms with van der Waals surface area (Å²) in [7, 11) is 0.0845. The first-order valence-electron chi connectivity index (χ1n) is 10.3. The monoisotopic (exact) mass is 457 g/mol. The Labute approximate surface area is 185 Å². The lowest BCUT2D eigenvalue weighted by Crippen LogP contribution is -2.41. The summed E-state index contributed by atoms with van der Waals surface area (Å²) >= 11 is 0. The fraction of sp³-hybridized carbons (Fsp3) is 0.348. The largest absolute Gasteiger partial charge is 0.493 e. The van der Waals surface area contributed by atoms with Gasteiger partial charge in [-0.15, -0.1) is 0 Å². The molecule has 0 bridgehead atoms. The summed E-state index contributed by atoms with van der Waals surface area (Å²) in [5, 5.41) is 0.445. The molecule has 0 amide bonds. The smallest absolute Gasteiger partial charge is 0.200 e. The third-order valence-electron chi connectivity index (χ3n) is 6.17. The molecule has 1 saturated heterocycles. The number of ether oxygens (including phenoxy) is 3. The molecule has 8 nitrogen and oxygen atoms in total. The van der Waals surface area contributed by atoms with Crippen molar-refractivity contribution in [2.75, 3.05) is 32.5 Å². The van der Waals surface area contributed by atoms with Crippen LogP contribution >= 0.6 is 0 Å². The van der Waals surface area contributed by atoms with Crippen LogP contribution in [-0.2, 0) is 16.4 Å². The highest BCUT2D eigenvalue weighted by molar-refractivity contribution is 7.91. The number of benzene rings is 2. The fourth-order valence-corrected chi connectivity index (χ4v) is 6.19. The molecule has 0 spiro atoms. The summed E-state index contributed by atoms with van der Waals surface area (Å²) in [6, 6.07) is 8.65. The zero-order valence-electron chi connectivity index (χ0n) is 17.8. The van der Waals surface area contributed by atoms with Crippen LogP contribution in [0.1, 0.15) is 12.0 Å². The molecule has 1 fully saturated rings. The van der Waals surface area contributed by atoms with Gasteiger partial charge in [0, 0.05) is 12.6 Å².